The Morgan fingerprint density at radius 2 is 2.17 bits per heavy atom. The van der Waals surface area contributed by atoms with Crippen molar-refractivity contribution in [3.05, 3.63) is 25.1 Å². The van der Waals surface area contributed by atoms with Crippen LogP contribution in [0, 0.1) is 6.39 Å². The summed E-state index contributed by atoms with van der Waals surface area (Å²) in [5.41, 5.74) is 2.94. The lowest BCUT2D eigenvalue weighted by Crippen LogP contribution is -1.93. The zero-order valence-corrected chi connectivity index (χ0v) is 8.73. The predicted molar refractivity (Wildman–Crippen MR) is 57.0 cm³/mol. The molecule has 8 nitrogen and oxygen atoms in total. The Bertz CT molecular complexity index is 851. The molecule has 0 aliphatic heterocycles. The van der Waals surface area contributed by atoms with Gasteiger partial charge in [-0.05, 0) is 6.07 Å². The Kier molecular flexibility index (Phi) is 1.68. The molecule has 8 heteroatoms. The van der Waals surface area contributed by atoms with Crippen molar-refractivity contribution in [2.24, 2.45) is 0 Å². The SMILES string of the molecule is [c]1nc2c(-c3cc4ncoc4nn3)nncc2o1. The smallest absolute Gasteiger partial charge is 0.284 e. The molecule has 0 aliphatic rings. The molecule has 0 spiro atoms. The van der Waals surface area contributed by atoms with Crippen LogP contribution in [-0.2, 0) is 0 Å². The molecule has 4 aromatic heterocycles. The minimum Gasteiger partial charge on any atom is -0.431 e. The molecule has 18 heavy (non-hydrogen) atoms. The van der Waals surface area contributed by atoms with E-state index in [1.165, 1.54) is 12.6 Å². The molecule has 1 radical (unpaired) electrons. The molecule has 0 bridgehead atoms. The molecule has 4 heterocycles. The van der Waals surface area contributed by atoms with Crippen molar-refractivity contribution in [1.29, 1.82) is 0 Å². The molecule has 85 valence electrons. The third-order valence-corrected chi connectivity index (χ3v) is 2.44. The van der Waals surface area contributed by atoms with Gasteiger partial charge in [0.25, 0.3) is 12.1 Å². The first kappa shape index (κ1) is 9.16. The summed E-state index contributed by atoms with van der Waals surface area (Å²) >= 11 is 0. The van der Waals surface area contributed by atoms with E-state index in [-0.39, 0.29) is 0 Å². The molecule has 0 aromatic carbocycles. The molecule has 0 amide bonds. The molecule has 0 saturated heterocycles. The Morgan fingerprint density at radius 1 is 1.17 bits per heavy atom. The van der Waals surface area contributed by atoms with E-state index in [1.807, 2.05) is 0 Å². The summed E-state index contributed by atoms with van der Waals surface area (Å²) in [6, 6.07) is 1.70. The van der Waals surface area contributed by atoms with Crippen molar-refractivity contribution in [3.8, 4) is 11.4 Å². The van der Waals surface area contributed by atoms with Crippen molar-refractivity contribution in [3.63, 3.8) is 0 Å². The standard InChI is InChI=1S/C10H3N6O2/c1-5(14-16-10-6(1)11-3-18-10)8-9-7(2-13-15-8)17-4-12-9/h1-3H. The zero-order chi connectivity index (χ0) is 11.9. The van der Waals surface area contributed by atoms with E-state index < -0.39 is 0 Å². The Balaban J connectivity index is 2.03. The molecular formula is C10H3N6O2. The van der Waals surface area contributed by atoms with Crippen LogP contribution in [0.4, 0.5) is 0 Å². The molecule has 0 unspecified atom stereocenters. The van der Waals surface area contributed by atoms with E-state index in [2.05, 4.69) is 36.8 Å². The molecular weight excluding hydrogens is 236 g/mol. The second-order valence-corrected chi connectivity index (χ2v) is 3.48. The van der Waals surface area contributed by atoms with E-state index in [0.717, 1.165) is 0 Å². The van der Waals surface area contributed by atoms with Gasteiger partial charge in [-0.1, -0.05) is 0 Å². The highest BCUT2D eigenvalue weighted by atomic mass is 16.3. The third-order valence-electron chi connectivity index (χ3n) is 2.44. The highest BCUT2D eigenvalue weighted by Crippen LogP contribution is 2.23. The lowest BCUT2D eigenvalue weighted by Gasteiger charge is -1.97. The molecule has 4 rings (SSSR count). The maximum atomic E-state index is 5.03. The fourth-order valence-corrected chi connectivity index (χ4v) is 1.63. The minimum atomic E-state index is 0.366. The van der Waals surface area contributed by atoms with E-state index in [9.17, 15) is 0 Å². The summed E-state index contributed by atoms with van der Waals surface area (Å²) in [5.74, 6) is 0. The first-order valence-electron chi connectivity index (χ1n) is 4.97. The summed E-state index contributed by atoms with van der Waals surface area (Å²) in [5, 5.41) is 15.7. The fraction of sp³-hybridized carbons (Fsp3) is 0. The van der Waals surface area contributed by atoms with E-state index in [4.69, 9.17) is 8.83 Å². The van der Waals surface area contributed by atoms with Crippen molar-refractivity contribution in [2.75, 3.05) is 0 Å². The van der Waals surface area contributed by atoms with Crippen molar-refractivity contribution >= 4 is 22.3 Å². The first-order valence-corrected chi connectivity index (χ1v) is 4.97. The van der Waals surface area contributed by atoms with Crippen LogP contribution in [0.2, 0.25) is 0 Å². The second kappa shape index (κ2) is 3.29. The average Bonchev–Trinajstić information content (AvgIpc) is 3.05. The van der Waals surface area contributed by atoms with Crippen LogP contribution >= 0.6 is 0 Å². The molecule has 0 atom stereocenters. The van der Waals surface area contributed by atoms with Crippen LogP contribution in [0.25, 0.3) is 33.7 Å². The molecule has 0 saturated carbocycles. The van der Waals surface area contributed by atoms with E-state index in [0.29, 0.717) is 33.7 Å². The number of hydrogen-bond donors (Lipinski definition) is 0. The van der Waals surface area contributed by atoms with Gasteiger partial charge in [0.2, 0.25) is 0 Å². The summed E-state index contributed by atoms with van der Waals surface area (Å²) < 4.78 is 10.1. The number of rotatable bonds is 1. The van der Waals surface area contributed by atoms with Crippen LogP contribution in [0.5, 0.6) is 0 Å². The number of aromatic nitrogens is 6. The van der Waals surface area contributed by atoms with Gasteiger partial charge in [0.1, 0.15) is 22.4 Å². The monoisotopic (exact) mass is 239 g/mol. The van der Waals surface area contributed by atoms with Crippen LogP contribution < -0.4 is 0 Å². The lowest BCUT2D eigenvalue weighted by molar-refractivity contribution is 0.585. The van der Waals surface area contributed by atoms with Crippen LogP contribution in [0.3, 0.4) is 0 Å². The van der Waals surface area contributed by atoms with Crippen molar-refractivity contribution in [2.45, 2.75) is 0 Å². The topological polar surface area (TPSA) is 104 Å². The number of nitrogens with zero attached hydrogens (tertiary/aromatic N) is 6. The van der Waals surface area contributed by atoms with Gasteiger partial charge in [-0.3, -0.25) is 0 Å². The molecule has 0 fully saturated rings. The van der Waals surface area contributed by atoms with Crippen LogP contribution in [0.15, 0.2) is 27.5 Å². The lowest BCUT2D eigenvalue weighted by atomic mass is 10.2. The first-order chi connectivity index (χ1) is 8.92. The third kappa shape index (κ3) is 1.19. The van der Waals surface area contributed by atoms with Gasteiger partial charge >= 0.3 is 0 Å². The predicted octanol–water partition coefficient (Wildman–Crippen LogP) is 1.02. The highest BCUT2D eigenvalue weighted by molar-refractivity contribution is 5.87. The van der Waals surface area contributed by atoms with Crippen LogP contribution in [-0.4, -0.2) is 30.4 Å². The number of hydrogen-bond acceptors (Lipinski definition) is 8. The van der Waals surface area contributed by atoms with E-state index in [1.54, 1.807) is 6.07 Å². The second-order valence-electron chi connectivity index (χ2n) is 3.48. The molecule has 4 aromatic rings. The fourth-order valence-electron chi connectivity index (χ4n) is 1.63. The highest BCUT2D eigenvalue weighted by Gasteiger charge is 2.13. The summed E-state index contributed by atoms with van der Waals surface area (Å²) in [7, 11) is 0. The summed E-state index contributed by atoms with van der Waals surface area (Å²) in [6.45, 7) is 0. The molecule has 0 aliphatic carbocycles. The van der Waals surface area contributed by atoms with Crippen molar-refractivity contribution in [1.82, 2.24) is 30.4 Å². The largest absolute Gasteiger partial charge is 0.431 e. The summed E-state index contributed by atoms with van der Waals surface area (Å²) in [4.78, 5) is 7.96. The van der Waals surface area contributed by atoms with Gasteiger partial charge in [0.05, 0.1) is 6.20 Å². The average molecular weight is 239 g/mol. The van der Waals surface area contributed by atoms with Crippen molar-refractivity contribution < 1.29 is 8.83 Å². The Labute approximate surface area is 98.7 Å². The normalized spacial score (nSPS) is 11.3. The van der Waals surface area contributed by atoms with Gasteiger partial charge in [0, 0.05) is 0 Å². The van der Waals surface area contributed by atoms with E-state index >= 15 is 0 Å². The van der Waals surface area contributed by atoms with Gasteiger partial charge in [-0.15, -0.1) is 15.3 Å². The number of oxazole rings is 2. The van der Waals surface area contributed by atoms with Gasteiger partial charge in [-0.2, -0.15) is 5.10 Å². The summed E-state index contributed by atoms with van der Waals surface area (Å²) in [6.07, 6.45) is 5.16. The minimum absolute atomic E-state index is 0.366. The van der Waals surface area contributed by atoms with Gasteiger partial charge in [-0.25, -0.2) is 9.97 Å². The van der Waals surface area contributed by atoms with Crippen LogP contribution in [0.1, 0.15) is 0 Å². The zero-order valence-electron chi connectivity index (χ0n) is 8.73. The maximum Gasteiger partial charge on any atom is 0.284 e. The maximum absolute atomic E-state index is 5.03. The van der Waals surface area contributed by atoms with Gasteiger partial charge in [0.15, 0.2) is 12.0 Å². The quantitative estimate of drug-likeness (QED) is 0.484. The number of fused-ring (bicyclic) bond motifs is 2. The Morgan fingerprint density at radius 3 is 3.17 bits per heavy atom. The Hall–Kier alpha value is -2.90. The van der Waals surface area contributed by atoms with Gasteiger partial charge < -0.3 is 8.83 Å². The molecule has 0 N–H and O–H groups in total.